The predicted octanol–water partition coefficient (Wildman–Crippen LogP) is 11.5. The Bertz CT molecular complexity index is 2750. The summed E-state index contributed by atoms with van der Waals surface area (Å²) in [6.07, 6.45) is 0. The van der Waals surface area contributed by atoms with E-state index in [0.717, 1.165) is 22.1 Å². The monoisotopic (exact) mass is 647 g/mol. The van der Waals surface area contributed by atoms with Gasteiger partial charge in [0.25, 0.3) is 0 Å². The minimum Gasteiger partial charge on any atom is -0.208 e. The van der Waals surface area contributed by atoms with E-state index in [-0.39, 0.29) is 0 Å². The summed E-state index contributed by atoms with van der Waals surface area (Å²) in [7, 11) is 0. The van der Waals surface area contributed by atoms with Crippen LogP contribution in [-0.2, 0) is 5.41 Å². The molecular weight excluding hydrogens is 619 g/mol. The maximum atomic E-state index is 5.26. The van der Waals surface area contributed by atoms with Gasteiger partial charge in [0, 0.05) is 16.7 Å². The van der Waals surface area contributed by atoms with Crippen LogP contribution in [0.25, 0.3) is 78.0 Å². The molecule has 1 spiro atoms. The highest BCUT2D eigenvalue weighted by atomic mass is 15.0. The number of rotatable bonds is 3. The third kappa shape index (κ3) is 3.86. The summed E-state index contributed by atoms with van der Waals surface area (Å²) in [4.78, 5) is 15.5. The third-order valence-electron chi connectivity index (χ3n) is 10.9. The average Bonchev–Trinajstić information content (AvgIpc) is 3.68. The minimum atomic E-state index is -0.533. The quantitative estimate of drug-likeness (QED) is 0.192. The van der Waals surface area contributed by atoms with E-state index in [1.165, 1.54) is 60.7 Å². The van der Waals surface area contributed by atoms with Crippen molar-refractivity contribution in [1.29, 1.82) is 0 Å². The van der Waals surface area contributed by atoms with Gasteiger partial charge in [-0.25, -0.2) is 15.0 Å². The second-order valence-corrected chi connectivity index (χ2v) is 13.5. The largest absolute Gasteiger partial charge is 0.208 e. The van der Waals surface area contributed by atoms with Gasteiger partial charge in [0.2, 0.25) is 0 Å². The summed E-state index contributed by atoms with van der Waals surface area (Å²) in [6.45, 7) is 0. The first-order chi connectivity index (χ1) is 25.3. The number of hydrogen-bond donors (Lipinski definition) is 0. The van der Waals surface area contributed by atoms with E-state index in [1.54, 1.807) is 0 Å². The van der Waals surface area contributed by atoms with Crippen molar-refractivity contribution in [3.8, 4) is 56.4 Å². The van der Waals surface area contributed by atoms with Gasteiger partial charge in [-0.2, -0.15) is 0 Å². The molecule has 1 aromatic heterocycles. The van der Waals surface area contributed by atoms with Crippen LogP contribution in [0.3, 0.4) is 0 Å². The molecule has 2 aliphatic rings. The van der Waals surface area contributed by atoms with E-state index in [0.29, 0.717) is 17.5 Å². The minimum absolute atomic E-state index is 0.533. The lowest BCUT2D eigenvalue weighted by Gasteiger charge is -2.32. The van der Waals surface area contributed by atoms with Gasteiger partial charge in [-0.05, 0) is 72.1 Å². The molecule has 0 saturated heterocycles. The van der Waals surface area contributed by atoms with Crippen LogP contribution < -0.4 is 0 Å². The molecule has 0 aliphatic heterocycles. The molecule has 0 saturated carbocycles. The summed E-state index contributed by atoms with van der Waals surface area (Å²) in [6, 6.07) is 63.1. The van der Waals surface area contributed by atoms with E-state index in [4.69, 9.17) is 15.0 Å². The zero-order valence-electron chi connectivity index (χ0n) is 27.6. The predicted molar refractivity (Wildman–Crippen MR) is 207 cm³/mol. The Balaban J connectivity index is 1.30. The summed E-state index contributed by atoms with van der Waals surface area (Å²) < 4.78 is 0. The molecule has 8 aromatic carbocycles. The highest BCUT2D eigenvalue weighted by Gasteiger charge is 2.53. The smallest absolute Gasteiger partial charge is 0.164 e. The van der Waals surface area contributed by atoms with Crippen molar-refractivity contribution in [3.63, 3.8) is 0 Å². The number of nitrogens with zero attached hydrogens (tertiary/aromatic N) is 3. The number of hydrogen-bond acceptors (Lipinski definition) is 3. The molecule has 2 aliphatic carbocycles. The Morgan fingerprint density at radius 1 is 0.333 bits per heavy atom. The fraction of sp³-hybridized carbons (Fsp3) is 0.0208. The maximum Gasteiger partial charge on any atom is 0.164 e. The van der Waals surface area contributed by atoms with Gasteiger partial charge < -0.3 is 0 Å². The molecule has 51 heavy (non-hydrogen) atoms. The summed E-state index contributed by atoms with van der Waals surface area (Å²) in [5.41, 5.74) is 12.8. The summed E-state index contributed by atoms with van der Waals surface area (Å²) in [5.74, 6) is 1.98. The Labute approximate surface area is 295 Å². The molecular formula is C48H29N3. The summed E-state index contributed by atoms with van der Waals surface area (Å²) in [5, 5.41) is 4.84. The molecule has 0 fully saturated rings. The zero-order valence-corrected chi connectivity index (χ0v) is 27.6. The Hall–Kier alpha value is -6.71. The molecule has 0 unspecified atom stereocenters. The highest BCUT2D eigenvalue weighted by Crippen LogP contribution is 2.65. The number of benzene rings is 8. The van der Waals surface area contributed by atoms with Gasteiger partial charge in [-0.15, -0.1) is 0 Å². The second-order valence-electron chi connectivity index (χ2n) is 13.5. The molecule has 0 bridgehead atoms. The molecule has 3 nitrogen and oxygen atoms in total. The molecule has 3 heteroatoms. The van der Waals surface area contributed by atoms with Crippen LogP contribution in [0.4, 0.5) is 0 Å². The van der Waals surface area contributed by atoms with E-state index in [9.17, 15) is 0 Å². The van der Waals surface area contributed by atoms with Crippen molar-refractivity contribution in [2.24, 2.45) is 0 Å². The van der Waals surface area contributed by atoms with Crippen molar-refractivity contribution < 1.29 is 0 Å². The van der Waals surface area contributed by atoms with Gasteiger partial charge in [-0.3, -0.25) is 0 Å². The molecule has 9 aromatic rings. The third-order valence-corrected chi connectivity index (χ3v) is 10.9. The van der Waals surface area contributed by atoms with Gasteiger partial charge in [-0.1, -0.05) is 170 Å². The van der Waals surface area contributed by atoms with E-state index in [2.05, 4.69) is 140 Å². The lowest BCUT2D eigenvalue weighted by molar-refractivity contribution is 0.802. The Morgan fingerprint density at radius 2 is 0.843 bits per heavy atom. The van der Waals surface area contributed by atoms with Crippen molar-refractivity contribution in [1.82, 2.24) is 15.0 Å². The Kier molecular flexibility index (Phi) is 5.88. The maximum absolute atomic E-state index is 5.26. The molecule has 1 heterocycles. The van der Waals surface area contributed by atoms with Crippen molar-refractivity contribution in [2.45, 2.75) is 5.41 Å². The lowest BCUT2D eigenvalue weighted by Crippen LogP contribution is -2.26. The Morgan fingerprint density at radius 3 is 1.49 bits per heavy atom. The molecule has 0 N–H and O–H groups in total. The van der Waals surface area contributed by atoms with E-state index < -0.39 is 5.41 Å². The van der Waals surface area contributed by atoms with Crippen molar-refractivity contribution >= 4 is 21.5 Å². The van der Waals surface area contributed by atoms with Crippen LogP contribution in [0.1, 0.15) is 22.3 Å². The van der Waals surface area contributed by atoms with E-state index >= 15 is 0 Å². The normalized spacial score (nSPS) is 13.3. The molecule has 0 amide bonds. The fourth-order valence-corrected chi connectivity index (χ4v) is 8.89. The number of aromatic nitrogens is 3. The average molecular weight is 648 g/mol. The first-order valence-corrected chi connectivity index (χ1v) is 17.5. The van der Waals surface area contributed by atoms with Gasteiger partial charge >= 0.3 is 0 Å². The van der Waals surface area contributed by atoms with Gasteiger partial charge in [0.05, 0.1) is 5.41 Å². The molecule has 0 radical (unpaired) electrons. The van der Waals surface area contributed by atoms with Crippen LogP contribution in [0.2, 0.25) is 0 Å². The molecule has 11 rings (SSSR count). The zero-order chi connectivity index (χ0) is 33.5. The van der Waals surface area contributed by atoms with Gasteiger partial charge in [0.1, 0.15) is 0 Å². The summed E-state index contributed by atoms with van der Waals surface area (Å²) >= 11 is 0. The van der Waals surface area contributed by atoms with Crippen molar-refractivity contribution in [3.05, 3.63) is 198 Å². The fourth-order valence-electron chi connectivity index (χ4n) is 8.89. The van der Waals surface area contributed by atoms with Crippen LogP contribution in [0.15, 0.2) is 176 Å². The first-order valence-electron chi connectivity index (χ1n) is 17.5. The van der Waals surface area contributed by atoms with Gasteiger partial charge in [0.15, 0.2) is 17.5 Å². The number of fused-ring (bicyclic) bond motifs is 14. The van der Waals surface area contributed by atoms with Crippen LogP contribution in [-0.4, -0.2) is 15.0 Å². The molecule has 0 atom stereocenters. The SMILES string of the molecule is c1ccc(-c2nc(-c3ccccc3)nc(-c3cc4c(c5ccccc35)-c3ccc5ccccc5c3C43c4ccccc4-c4ccccc43)n2)cc1. The van der Waals surface area contributed by atoms with Crippen LogP contribution in [0.5, 0.6) is 0 Å². The first kappa shape index (κ1) is 28.2. The van der Waals surface area contributed by atoms with Crippen LogP contribution in [0, 0.1) is 0 Å². The topological polar surface area (TPSA) is 38.7 Å². The molecule has 236 valence electrons. The van der Waals surface area contributed by atoms with Crippen molar-refractivity contribution in [2.75, 3.05) is 0 Å². The second kappa shape index (κ2) is 10.6. The standard InChI is InChI=1S/C48H29N3/c1-3-16-31(17-4-1)45-49-46(32-18-5-2-6-19-32)51-47(50-45)39-29-42-43(37-24-10-9-21-34(37)39)38-28-27-30-15-7-8-20-33(30)44(38)48(42)40-25-13-11-22-35(40)36-23-12-14-26-41(36)48/h1-29H. The lowest BCUT2D eigenvalue weighted by atomic mass is 9.69. The van der Waals surface area contributed by atoms with E-state index in [1.807, 2.05) is 36.4 Å². The van der Waals surface area contributed by atoms with Crippen LogP contribution >= 0.6 is 0 Å². The highest BCUT2D eigenvalue weighted by molar-refractivity contribution is 6.13.